The van der Waals surface area contributed by atoms with Crippen molar-refractivity contribution in [1.29, 1.82) is 0 Å². The first-order valence-electron chi connectivity index (χ1n) is 6.44. The summed E-state index contributed by atoms with van der Waals surface area (Å²) >= 11 is 0. The molecule has 0 fully saturated rings. The highest BCUT2D eigenvalue weighted by molar-refractivity contribution is 5.94. The van der Waals surface area contributed by atoms with Crippen molar-refractivity contribution in [3.8, 4) is 0 Å². The van der Waals surface area contributed by atoms with Crippen LogP contribution in [0.15, 0.2) is 18.3 Å². The molecule has 0 aliphatic heterocycles. The molecule has 0 radical (unpaired) electrons. The Morgan fingerprint density at radius 1 is 1.35 bits per heavy atom. The average molecular weight is 275 g/mol. The van der Waals surface area contributed by atoms with Crippen LogP contribution >= 0.6 is 0 Å². The zero-order chi connectivity index (χ0) is 14.7. The van der Waals surface area contributed by atoms with Gasteiger partial charge in [0, 0.05) is 19.2 Å². The van der Waals surface area contributed by atoms with Gasteiger partial charge in [-0.1, -0.05) is 6.07 Å². The monoisotopic (exact) mass is 275 g/mol. The zero-order valence-corrected chi connectivity index (χ0v) is 11.5. The number of fused-ring (bicyclic) bond motifs is 1. The fourth-order valence-corrected chi connectivity index (χ4v) is 2.07. The minimum Gasteiger partial charge on any atom is -0.481 e. The molecule has 20 heavy (non-hydrogen) atoms. The SMILES string of the molecule is Cc1ccc2nc(C)c(C(=O)NCCCC(=O)O)n2c1. The maximum Gasteiger partial charge on any atom is 0.303 e. The lowest BCUT2D eigenvalue weighted by Crippen LogP contribution is -2.26. The molecule has 0 aliphatic rings. The number of nitrogens with zero attached hydrogens (tertiary/aromatic N) is 2. The molecule has 6 heteroatoms. The molecular weight excluding hydrogens is 258 g/mol. The Morgan fingerprint density at radius 3 is 2.80 bits per heavy atom. The van der Waals surface area contributed by atoms with E-state index in [-0.39, 0.29) is 12.3 Å². The molecule has 0 bridgehead atoms. The van der Waals surface area contributed by atoms with Crippen molar-refractivity contribution in [2.24, 2.45) is 0 Å². The molecule has 106 valence electrons. The van der Waals surface area contributed by atoms with Crippen LogP contribution < -0.4 is 5.32 Å². The summed E-state index contributed by atoms with van der Waals surface area (Å²) in [7, 11) is 0. The maximum atomic E-state index is 12.2. The molecule has 1 amide bonds. The second-order valence-electron chi connectivity index (χ2n) is 4.73. The van der Waals surface area contributed by atoms with Gasteiger partial charge in [0.25, 0.3) is 5.91 Å². The summed E-state index contributed by atoms with van der Waals surface area (Å²) in [5.74, 6) is -1.09. The van der Waals surface area contributed by atoms with Gasteiger partial charge < -0.3 is 10.4 Å². The predicted molar refractivity (Wildman–Crippen MR) is 73.9 cm³/mol. The first kappa shape index (κ1) is 14.0. The Balaban J connectivity index is 2.15. The molecule has 0 atom stereocenters. The number of rotatable bonds is 5. The molecule has 0 unspecified atom stereocenters. The van der Waals surface area contributed by atoms with E-state index >= 15 is 0 Å². The molecule has 0 spiro atoms. The number of amides is 1. The van der Waals surface area contributed by atoms with Crippen molar-refractivity contribution in [3.05, 3.63) is 35.3 Å². The van der Waals surface area contributed by atoms with E-state index in [1.54, 1.807) is 11.3 Å². The molecule has 0 saturated carbocycles. The minimum atomic E-state index is -0.860. The number of aliphatic carboxylic acids is 1. The molecule has 2 N–H and O–H groups in total. The number of carboxylic acids is 1. The zero-order valence-electron chi connectivity index (χ0n) is 11.5. The third-order valence-corrected chi connectivity index (χ3v) is 3.01. The van der Waals surface area contributed by atoms with E-state index in [4.69, 9.17) is 5.11 Å². The number of hydrogen-bond acceptors (Lipinski definition) is 3. The van der Waals surface area contributed by atoms with Gasteiger partial charge in [-0.2, -0.15) is 0 Å². The lowest BCUT2D eigenvalue weighted by Gasteiger charge is -2.05. The van der Waals surface area contributed by atoms with Crippen molar-refractivity contribution in [1.82, 2.24) is 14.7 Å². The van der Waals surface area contributed by atoms with Crippen LogP contribution in [0, 0.1) is 13.8 Å². The van der Waals surface area contributed by atoms with Crippen LogP contribution in [0.25, 0.3) is 5.65 Å². The van der Waals surface area contributed by atoms with Gasteiger partial charge >= 0.3 is 5.97 Å². The van der Waals surface area contributed by atoms with E-state index in [1.165, 1.54) is 0 Å². The topological polar surface area (TPSA) is 83.7 Å². The normalized spacial score (nSPS) is 10.7. The van der Waals surface area contributed by atoms with E-state index in [0.717, 1.165) is 11.2 Å². The van der Waals surface area contributed by atoms with Gasteiger partial charge in [-0.15, -0.1) is 0 Å². The Morgan fingerprint density at radius 2 is 2.10 bits per heavy atom. The molecule has 0 aliphatic carbocycles. The number of aromatic nitrogens is 2. The van der Waals surface area contributed by atoms with Gasteiger partial charge in [-0.3, -0.25) is 14.0 Å². The van der Waals surface area contributed by atoms with Crippen molar-refractivity contribution in [3.63, 3.8) is 0 Å². The van der Waals surface area contributed by atoms with Crippen LogP contribution in [0.2, 0.25) is 0 Å². The van der Waals surface area contributed by atoms with Crippen LogP contribution in [-0.2, 0) is 4.79 Å². The maximum absolute atomic E-state index is 12.2. The Kier molecular flexibility index (Phi) is 4.02. The molecule has 2 rings (SSSR count). The molecule has 2 aromatic heterocycles. The molecular formula is C14H17N3O3. The van der Waals surface area contributed by atoms with E-state index in [1.807, 2.05) is 25.3 Å². The first-order valence-corrected chi connectivity index (χ1v) is 6.44. The van der Waals surface area contributed by atoms with Crippen molar-refractivity contribution >= 4 is 17.5 Å². The summed E-state index contributed by atoms with van der Waals surface area (Å²) in [6.07, 6.45) is 2.32. The second-order valence-corrected chi connectivity index (χ2v) is 4.73. The van der Waals surface area contributed by atoms with Gasteiger partial charge in [0.1, 0.15) is 11.3 Å². The summed E-state index contributed by atoms with van der Waals surface area (Å²) in [4.78, 5) is 26.9. The number of carbonyl (C=O) groups is 2. The smallest absolute Gasteiger partial charge is 0.303 e. The summed E-state index contributed by atoms with van der Waals surface area (Å²) in [5, 5.41) is 11.3. The molecule has 6 nitrogen and oxygen atoms in total. The van der Waals surface area contributed by atoms with Crippen molar-refractivity contribution in [2.75, 3.05) is 6.54 Å². The van der Waals surface area contributed by atoms with E-state index < -0.39 is 5.97 Å². The van der Waals surface area contributed by atoms with Gasteiger partial charge in [-0.25, -0.2) is 4.98 Å². The standard InChI is InChI=1S/C14H17N3O3/c1-9-5-6-11-16-10(2)13(17(11)8-9)14(20)15-7-3-4-12(18)19/h5-6,8H,3-4,7H2,1-2H3,(H,15,20)(H,18,19). The molecule has 2 aromatic rings. The molecule has 2 heterocycles. The van der Waals surface area contributed by atoms with Gasteiger partial charge in [0.15, 0.2) is 0 Å². The van der Waals surface area contributed by atoms with Gasteiger partial charge in [0.05, 0.1) is 5.69 Å². The average Bonchev–Trinajstić information content (AvgIpc) is 2.69. The van der Waals surface area contributed by atoms with Crippen LogP contribution in [0.1, 0.15) is 34.6 Å². The summed E-state index contributed by atoms with van der Waals surface area (Å²) < 4.78 is 1.76. The fraction of sp³-hybridized carbons (Fsp3) is 0.357. The number of imidazole rings is 1. The Labute approximate surface area is 116 Å². The number of carbonyl (C=O) groups excluding carboxylic acids is 1. The number of aryl methyl sites for hydroxylation is 2. The highest BCUT2D eigenvalue weighted by Crippen LogP contribution is 2.13. The van der Waals surface area contributed by atoms with Gasteiger partial charge in [-0.05, 0) is 31.9 Å². The Hall–Kier alpha value is -2.37. The minimum absolute atomic E-state index is 0.0471. The molecule has 0 saturated heterocycles. The molecule has 0 aromatic carbocycles. The number of carboxylic acid groups (broad SMARTS) is 1. The highest BCUT2D eigenvalue weighted by atomic mass is 16.4. The Bertz CT molecular complexity index is 661. The lowest BCUT2D eigenvalue weighted by molar-refractivity contribution is -0.137. The quantitative estimate of drug-likeness (QED) is 0.811. The van der Waals surface area contributed by atoms with E-state index in [2.05, 4.69) is 10.3 Å². The summed E-state index contributed by atoms with van der Waals surface area (Å²) in [6, 6.07) is 3.81. The van der Waals surface area contributed by atoms with Crippen molar-refractivity contribution in [2.45, 2.75) is 26.7 Å². The highest BCUT2D eigenvalue weighted by Gasteiger charge is 2.16. The van der Waals surface area contributed by atoms with Gasteiger partial charge in [0.2, 0.25) is 0 Å². The fourth-order valence-electron chi connectivity index (χ4n) is 2.07. The van der Waals surface area contributed by atoms with Crippen LogP contribution in [-0.4, -0.2) is 32.9 Å². The van der Waals surface area contributed by atoms with E-state index in [9.17, 15) is 9.59 Å². The number of nitrogens with one attached hydrogen (secondary N) is 1. The van der Waals surface area contributed by atoms with Crippen LogP contribution in [0.4, 0.5) is 0 Å². The van der Waals surface area contributed by atoms with E-state index in [0.29, 0.717) is 24.4 Å². The third kappa shape index (κ3) is 2.96. The van der Waals surface area contributed by atoms with Crippen LogP contribution in [0.3, 0.4) is 0 Å². The van der Waals surface area contributed by atoms with Crippen molar-refractivity contribution < 1.29 is 14.7 Å². The third-order valence-electron chi connectivity index (χ3n) is 3.01. The lowest BCUT2D eigenvalue weighted by atomic mass is 10.2. The largest absolute Gasteiger partial charge is 0.481 e. The summed E-state index contributed by atoms with van der Waals surface area (Å²) in [5.41, 5.74) is 2.92. The number of pyridine rings is 1. The van der Waals surface area contributed by atoms with Crippen LogP contribution in [0.5, 0.6) is 0 Å². The summed E-state index contributed by atoms with van der Waals surface area (Å²) in [6.45, 7) is 4.07. The predicted octanol–water partition coefficient (Wildman–Crippen LogP) is 1.55. The first-order chi connectivity index (χ1) is 9.49. The number of hydrogen-bond donors (Lipinski definition) is 2. The second kappa shape index (κ2) is 5.73.